The Kier molecular flexibility index (Phi) is 6.59. The third-order valence-electron chi connectivity index (χ3n) is 5.34. The lowest BCUT2D eigenvalue weighted by molar-refractivity contribution is 0.337. The highest BCUT2D eigenvalue weighted by Gasteiger charge is 2.38. The molecule has 4 aromatic carbocycles. The second-order valence-corrected chi connectivity index (χ2v) is 10.8. The predicted octanol–water partition coefficient (Wildman–Crippen LogP) is 3.78. The number of hydrogen-bond acceptors (Lipinski definition) is 1. The number of benzene rings is 4. The fraction of sp³-hybridized carbons (Fsp3) is 0.0345. The maximum atomic E-state index is 10.0. The van der Waals surface area contributed by atoms with Crippen LogP contribution < -0.4 is 15.6 Å². The van der Waals surface area contributed by atoms with Crippen molar-refractivity contribution in [1.82, 2.24) is 0 Å². The molecule has 31 heavy (non-hydrogen) atoms. The highest BCUT2D eigenvalue weighted by atomic mass is 28.3. The van der Waals surface area contributed by atoms with E-state index < -0.39 is 8.07 Å². The van der Waals surface area contributed by atoms with Gasteiger partial charge < -0.3 is 5.11 Å². The molecule has 0 bridgehead atoms. The van der Waals surface area contributed by atoms with Crippen LogP contribution in [0.4, 0.5) is 0 Å². The summed E-state index contributed by atoms with van der Waals surface area (Å²) >= 11 is 0. The van der Waals surface area contributed by atoms with Gasteiger partial charge in [-0.05, 0) is 27.2 Å². The van der Waals surface area contributed by atoms with Crippen LogP contribution >= 0.6 is 0 Å². The van der Waals surface area contributed by atoms with Crippen molar-refractivity contribution in [2.45, 2.75) is 0 Å². The van der Waals surface area contributed by atoms with Crippen LogP contribution in [-0.4, -0.2) is 19.8 Å². The first-order valence-electron chi connectivity index (χ1n) is 10.4. The molecule has 0 aromatic heterocycles. The first-order chi connectivity index (χ1) is 15.3. The molecular weight excluding hydrogens is 392 g/mol. The van der Waals surface area contributed by atoms with Crippen molar-refractivity contribution in [3.05, 3.63) is 132 Å². The van der Waals surface area contributed by atoms with Gasteiger partial charge in [-0.15, -0.1) is 5.54 Å². The SMILES string of the molecule is OC/C(C#C[Si](c1ccccc1)(c1ccccc1)c1ccccc1)=C\c1ccccc1. The Morgan fingerprint density at radius 3 is 1.39 bits per heavy atom. The van der Waals surface area contributed by atoms with E-state index in [1.807, 2.05) is 54.6 Å². The number of aliphatic hydroxyl groups excluding tert-OH is 1. The van der Waals surface area contributed by atoms with Crippen LogP contribution in [0, 0.1) is 11.5 Å². The Morgan fingerprint density at radius 2 is 1.00 bits per heavy atom. The van der Waals surface area contributed by atoms with Crippen molar-refractivity contribution in [2.75, 3.05) is 6.61 Å². The van der Waals surface area contributed by atoms with E-state index in [9.17, 15) is 5.11 Å². The highest BCUT2D eigenvalue weighted by molar-refractivity contribution is 7.16. The fourth-order valence-electron chi connectivity index (χ4n) is 3.83. The van der Waals surface area contributed by atoms with E-state index in [0.717, 1.165) is 5.56 Å². The molecule has 0 fully saturated rings. The molecule has 0 spiro atoms. The molecule has 0 atom stereocenters. The second-order valence-electron chi connectivity index (χ2n) is 7.34. The van der Waals surface area contributed by atoms with Gasteiger partial charge in [-0.1, -0.05) is 127 Å². The molecule has 4 rings (SSSR count). The summed E-state index contributed by atoms with van der Waals surface area (Å²) in [6.07, 6.45) is 1.97. The zero-order valence-corrected chi connectivity index (χ0v) is 18.3. The van der Waals surface area contributed by atoms with E-state index >= 15 is 0 Å². The first kappa shape index (κ1) is 20.6. The summed E-state index contributed by atoms with van der Waals surface area (Å²) < 4.78 is 0. The predicted molar refractivity (Wildman–Crippen MR) is 133 cm³/mol. The molecule has 0 aliphatic carbocycles. The molecule has 0 aliphatic heterocycles. The lowest BCUT2D eigenvalue weighted by atomic mass is 10.1. The number of hydrogen-bond donors (Lipinski definition) is 1. The molecule has 150 valence electrons. The zero-order chi connectivity index (χ0) is 21.4. The van der Waals surface area contributed by atoms with E-state index in [1.54, 1.807) is 0 Å². The average Bonchev–Trinajstić information content (AvgIpc) is 2.86. The molecule has 4 aromatic rings. The van der Waals surface area contributed by atoms with Gasteiger partial charge in [0.05, 0.1) is 6.61 Å². The molecule has 0 radical (unpaired) electrons. The van der Waals surface area contributed by atoms with Crippen LogP contribution in [0.25, 0.3) is 6.08 Å². The average molecular weight is 417 g/mol. The smallest absolute Gasteiger partial charge is 0.230 e. The number of aliphatic hydroxyl groups is 1. The molecule has 0 saturated carbocycles. The molecule has 1 N–H and O–H groups in total. The van der Waals surface area contributed by atoms with Gasteiger partial charge in [-0.3, -0.25) is 0 Å². The fourth-order valence-corrected chi connectivity index (χ4v) is 7.69. The largest absolute Gasteiger partial charge is 0.391 e. The Bertz CT molecular complexity index is 1090. The van der Waals surface area contributed by atoms with E-state index in [0.29, 0.717) is 5.57 Å². The normalized spacial score (nSPS) is 11.5. The quantitative estimate of drug-likeness (QED) is 0.298. The van der Waals surface area contributed by atoms with E-state index in [-0.39, 0.29) is 6.61 Å². The van der Waals surface area contributed by atoms with Crippen molar-refractivity contribution in [2.24, 2.45) is 0 Å². The summed E-state index contributed by atoms with van der Waals surface area (Å²) in [5.41, 5.74) is 5.46. The van der Waals surface area contributed by atoms with Gasteiger partial charge in [0.15, 0.2) is 0 Å². The molecule has 0 heterocycles. The molecule has 0 saturated heterocycles. The second kappa shape index (κ2) is 9.91. The van der Waals surface area contributed by atoms with Crippen molar-refractivity contribution < 1.29 is 5.11 Å². The van der Waals surface area contributed by atoms with E-state index in [4.69, 9.17) is 0 Å². The van der Waals surface area contributed by atoms with Gasteiger partial charge in [0.25, 0.3) is 0 Å². The van der Waals surface area contributed by atoms with Crippen LogP contribution in [0.3, 0.4) is 0 Å². The molecule has 1 nitrogen and oxygen atoms in total. The minimum absolute atomic E-state index is 0.0925. The van der Waals surface area contributed by atoms with Crippen LogP contribution in [0.1, 0.15) is 5.56 Å². The van der Waals surface area contributed by atoms with Crippen molar-refractivity contribution in [3.8, 4) is 11.5 Å². The van der Waals surface area contributed by atoms with E-state index in [2.05, 4.69) is 84.3 Å². The zero-order valence-electron chi connectivity index (χ0n) is 17.3. The minimum Gasteiger partial charge on any atom is -0.391 e. The van der Waals surface area contributed by atoms with Gasteiger partial charge >= 0.3 is 0 Å². The molecule has 2 heteroatoms. The summed E-state index contributed by atoms with van der Waals surface area (Å²) in [5, 5.41) is 13.7. The summed E-state index contributed by atoms with van der Waals surface area (Å²) in [7, 11) is -2.63. The summed E-state index contributed by atoms with van der Waals surface area (Å²) in [6.45, 7) is -0.0925. The lowest BCUT2D eigenvalue weighted by Gasteiger charge is -2.28. The van der Waals surface area contributed by atoms with Gasteiger partial charge in [0, 0.05) is 5.57 Å². The Morgan fingerprint density at radius 1 is 0.613 bits per heavy atom. The standard InChI is InChI=1S/C29H24OSi/c30-24-26(23-25-13-5-1-6-14-25)21-22-31(27-15-7-2-8-16-27,28-17-9-3-10-18-28)29-19-11-4-12-20-29/h1-20,23,30H,24H2/b26-23-. The summed E-state index contributed by atoms with van der Waals surface area (Å²) in [5.74, 6) is 3.38. The highest BCUT2D eigenvalue weighted by Crippen LogP contribution is 2.09. The monoisotopic (exact) mass is 416 g/mol. The molecule has 0 unspecified atom stereocenters. The van der Waals surface area contributed by atoms with Crippen molar-refractivity contribution in [3.63, 3.8) is 0 Å². The Labute approximate surface area is 185 Å². The maximum Gasteiger partial charge on any atom is 0.230 e. The molecular formula is C29H24OSi. The third-order valence-corrected chi connectivity index (χ3v) is 9.44. The van der Waals surface area contributed by atoms with Crippen LogP contribution in [-0.2, 0) is 0 Å². The van der Waals surface area contributed by atoms with Crippen LogP contribution in [0.5, 0.6) is 0 Å². The molecule has 0 aliphatic rings. The Balaban J connectivity index is 1.96. The minimum atomic E-state index is -2.63. The lowest BCUT2D eigenvalue weighted by Crippen LogP contribution is -2.66. The van der Waals surface area contributed by atoms with Crippen molar-refractivity contribution >= 4 is 29.7 Å². The maximum absolute atomic E-state index is 10.0. The van der Waals surface area contributed by atoms with Gasteiger partial charge in [-0.2, -0.15) is 0 Å². The number of rotatable bonds is 5. The van der Waals surface area contributed by atoms with E-state index in [1.165, 1.54) is 15.6 Å². The third kappa shape index (κ3) is 4.59. The van der Waals surface area contributed by atoms with Crippen molar-refractivity contribution in [1.29, 1.82) is 0 Å². The summed E-state index contributed by atoms with van der Waals surface area (Å²) in [4.78, 5) is 0. The first-order valence-corrected chi connectivity index (χ1v) is 12.4. The van der Waals surface area contributed by atoms with Crippen LogP contribution in [0.15, 0.2) is 127 Å². The molecule has 0 amide bonds. The topological polar surface area (TPSA) is 20.2 Å². The summed E-state index contributed by atoms with van der Waals surface area (Å²) in [6, 6.07) is 41.7. The van der Waals surface area contributed by atoms with Gasteiger partial charge in [0.1, 0.15) is 0 Å². The Hall–Kier alpha value is -3.64. The van der Waals surface area contributed by atoms with Gasteiger partial charge in [-0.25, -0.2) is 0 Å². The van der Waals surface area contributed by atoms with Crippen LogP contribution in [0.2, 0.25) is 0 Å². The van der Waals surface area contributed by atoms with Gasteiger partial charge in [0.2, 0.25) is 8.07 Å².